The van der Waals surface area contributed by atoms with Crippen molar-refractivity contribution in [3.63, 3.8) is 0 Å². The normalized spacial score (nSPS) is 3.86. The van der Waals surface area contributed by atoms with E-state index in [9.17, 15) is 0 Å². The molecule has 3 N–H and O–H groups in total. The fourth-order valence-corrected chi connectivity index (χ4v) is 0. The molecule has 7 heavy (non-hydrogen) atoms. The van der Waals surface area contributed by atoms with Crippen LogP contribution in [-0.4, -0.2) is 157 Å². The van der Waals surface area contributed by atoms with Gasteiger partial charge >= 0.3 is 142 Å². The molecule has 0 unspecified atom stereocenters. The van der Waals surface area contributed by atoms with Crippen molar-refractivity contribution < 1.29 is 15.1 Å². The van der Waals surface area contributed by atoms with Crippen molar-refractivity contribution in [3.05, 3.63) is 0 Å². The second-order valence-electron chi connectivity index (χ2n) is 0.346. The first-order valence-corrected chi connectivity index (χ1v) is 0.775. The third-order valence-electron chi connectivity index (χ3n) is 0. The second-order valence-corrected chi connectivity index (χ2v) is 0.346. The summed E-state index contributed by atoms with van der Waals surface area (Å²) in [6.45, 7) is 0. The zero-order chi connectivity index (χ0) is 3.58. The van der Waals surface area contributed by atoms with Crippen LogP contribution in [0.1, 0.15) is 0 Å². The molecule has 0 bridgehead atoms. The molecule has 0 fully saturated rings. The van der Waals surface area contributed by atoms with Crippen molar-refractivity contribution in [2.24, 2.45) is 0 Å². The Balaban J connectivity index is -0.0000000150. The van der Waals surface area contributed by atoms with E-state index in [1.165, 1.54) is 0 Å². The minimum absolute atomic E-state index is 0. The Kier molecular flexibility index (Phi) is 53.8. The summed E-state index contributed by atoms with van der Waals surface area (Å²) in [4.78, 5) is 0. The standard InChI is InChI=1S/BH3O3.Ca.K.Sr.5H/c2-1(3)4;;;;;;;;/h2-4H;;;;;;;;. The van der Waals surface area contributed by atoms with Crippen molar-refractivity contribution >= 4 is 142 Å². The molecule has 34 valence electrons. The Hall–Kier alpha value is 4.32. The minimum atomic E-state index is -2.17. The molecule has 3 nitrogen and oxygen atoms in total. The van der Waals surface area contributed by atoms with Crippen LogP contribution in [0.15, 0.2) is 0 Å². The molecule has 0 aliphatic carbocycles. The molecule has 0 aromatic heterocycles. The van der Waals surface area contributed by atoms with Gasteiger partial charge in [0, 0.05) is 0 Å². The van der Waals surface area contributed by atoms with Crippen molar-refractivity contribution in [1.82, 2.24) is 0 Å². The van der Waals surface area contributed by atoms with E-state index in [1.807, 2.05) is 0 Å². The molecule has 0 saturated carbocycles. The van der Waals surface area contributed by atoms with E-state index in [4.69, 9.17) is 15.1 Å². The number of hydrogen-bond acceptors (Lipinski definition) is 3. The molecule has 0 rings (SSSR count). The van der Waals surface area contributed by atoms with Gasteiger partial charge in [-0.05, 0) is 0 Å². The third kappa shape index (κ3) is 38.3. The van der Waals surface area contributed by atoms with E-state index in [0.29, 0.717) is 0 Å². The Morgan fingerprint density at radius 2 is 1.00 bits per heavy atom. The Bertz CT molecular complexity index is 19.7. The van der Waals surface area contributed by atoms with Crippen LogP contribution in [0.5, 0.6) is 0 Å². The molecule has 0 saturated heterocycles. The average Bonchev–Trinajstić information content (AvgIpc) is 0.811. The fourth-order valence-electron chi connectivity index (χ4n) is 0. The molecule has 0 aliphatic rings. The van der Waals surface area contributed by atoms with Gasteiger partial charge in [0.2, 0.25) is 0 Å². The summed E-state index contributed by atoms with van der Waals surface area (Å²) in [7, 11) is -2.17. The molecule has 0 aliphatic heterocycles. The molecule has 0 spiro atoms. The van der Waals surface area contributed by atoms with Gasteiger partial charge in [-0.3, -0.25) is 0 Å². The van der Waals surface area contributed by atoms with Gasteiger partial charge in [-0.25, -0.2) is 0 Å². The van der Waals surface area contributed by atoms with Crippen LogP contribution < -0.4 is 0 Å². The number of rotatable bonds is 0. The van der Waals surface area contributed by atoms with E-state index in [2.05, 4.69) is 0 Å². The van der Waals surface area contributed by atoms with Gasteiger partial charge in [0.15, 0.2) is 0 Å². The summed E-state index contributed by atoms with van der Waals surface area (Å²) < 4.78 is 0. The number of hydrogen-bond donors (Lipinski definition) is 3. The van der Waals surface area contributed by atoms with Gasteiger partial charge in [-0.1, -0.05) is 0 Å². The molecule has 0 heterocycles. The second kappa shape index (κ2) is 16.7. The molecule has 7 heteroatoms. The van der Waals surface area contributed by atoms with E-state index in [-0.39, 0.29) is 135 Å². The maximum atomic E-state index is 7.17. The first-order valence-electron chi connectivity index (χ1n) is 0.775. The van der Waals surface area contributed by atoms with Crippen LogP contribution >= 0.6 is 0 Å². The Morgan fingerprint density at radius 3 is 1.00 bits per heavy atom. The molecule has 0 aromatic carbocycles. The van der Waals surface area contributed by atoms with E-state index >= 15 is 0 Å². The Morgan fingerprint density at radius 1 is 1.00 bits per heavy atom. The first kappa shape index (κ1) is 22.5. The monoisotopic (exact) mass is 234 g/mol. The molecule has 0 amide bonds. The predicted molar refractivity (Wildman–Crippen MR) is 36.6 cm³/mol. The van der Waals surface area contributed by atoms with Crippen LogP contribution in [0.25, 0.3) is 0 Å². The fraction of sp³-hybridized carbons (Fsp3) is 0. The zero-order valence-electron chi connectivity index (χ0n) is 1.92. The van der Waals surface area contributed by atoms with Crippen LogP contribution in [-0.2, 0) is 0 Å². The van der Waals surface area contributed by atoms with Gasteiger partial charge in [0.1, 0.15) is 0 Å². The van der Waals surface area contributed by atoms with Crippen LogP contribution in [0.2, 0.25) is 0 Å². The molecular weight excluding hydrogens is 226 g/mol. The molecule has 0 radical (unpaired) electrons. The van der Waals surface area contributed by atoms with E-state index < -0.39 is 7.32 Å². The van der Waals surface area contributed by atoms with Gasteiger partial charge in [-0.15, -0.1) is 0 Å². The van der Waals surface area contributed by atoms with Crippen molar-refractivity contribution in [2.45, 2.75) is 0 Å². The quantitative estimate of drug-likeness (QED) is 0.370. The van der Waals surface area contributed by atoms with Gasteiger partial charge in [-0.2, -0.15) is 0 Å². The van der Waals surface area contributed by atoms with Crippen molar-refractivity contribution in [3.8, 4) is 0 Å². The summed E-state index contributed by atoms with van der Waals surface area (Å²) in [6.07, 6.45) is 0. The average molecular weight is 234 g/mol. The van der Waals surface area contributed by atoms with Crippen LogP contribution in [0, 0.1) is 0 Å². The van der Waals surface area contributed by atoms with Gasteiger partial charge in [0.25, 0.3) is 0 Å². The maximum absolute atomic E-state index is 7.17. The molecular formula is H8BCaKO3Sr. The summed E-state index contributed by atoms with van der Waals surface area (Å²) in [5, 5.41) is 21.5. The SMILES string of the molecule is OB(O)O.[CaH2].[KH].[SrH2]. The summed E-state index contributed by atoms with van der Waals surface area (Å²) in [5.74, 6) is 0. The van der Waals surface area contributed by atoms with Crippen molar-refractivity contribution in [2.75, 3.05) is 0 Å². The molecule has 0 atom stereocenters. The summed E-state index contributed by atoms with van der Waals surface area (Å²) >= 11 is 0. The van der Waals surface area contributed by atoms with E-state index in [1.54, 1.807) is 0 Å². The van der Waals surface area contributed by atoms with Crippen LogP contribution in [0.3, 0.4) is 0 Å². The molecule has 0 aromatic rings. The van der Waals surface area contributed by atoms with Crippen molar-refractivity contribution in [1.29, 1.82) is 0 Å². The topological polar surface area (TPSA) is 60.7 Å². The zero-order valence-corrected chi connectivity index (χ0v) is 1.92. The van der Waals surface area contributed by atoms with Crippen LogP contribution in [0.4, 0.5) is 0 Å². The first-order chi connectivity index (χ1) is 1.73. The summed E-state index contributed by atoms with van der Waals surface area (Å²) in [5.41, 5.74) is 0. The van der Waals surface area contributed by atoms with E-state index in [0.717, 1.165) is 0 Å². The predicted octanol–water partition coefficient (Wildman–Crippen LogP) is -4.53. The van der Waals surface area contributed by atoms with Gasteiger partial charge < -0.3 is 15.1 Å². The Labute approximate surface area is 152 Å². The third-order valence-corrected chi connectivity index (χ3v) is 0. The van der Waals surface area contributed by atoms with Gasteiger partial charge in [0.05, 0.1) is 0 Å². The summed E-state index contributed by atoms with van der Waals surface area (Å²) in [6, 6.07) is 0.